The monoisotopic (exact) mass is 412 g/mol. The second-order valence-electron chi connectivity index (χ2n) is 7.53. The van der Waals surface area contributed by atoms with E-state index in [2.05, 4.69) is 32.3 Å². The van der Waals surface area contributed by atoms with Gasteiger partial charge in [-0.1, -0.05) is 23.7 Å². The summed E-state index contributed by atoms with van der Waals surface area (Å²) in [6, 6.07) is 9.76. The summed E-state index contributed by atoms with van der Waals surface area (Å²) in [7, 11) is 1.91. The fourth-order valence-electron chi connectivity index (χ4n) is 3.83. The average molecular weight is 413 g/mol. The van der Waals surface area contributed by atoms with Gasteiger partial charge >= 0.3 is 0 Å². The highest BCUT2D eigenvalue weighted by molar-refractivity contribution is 6.30. The van der Waals surface area contributed by atoms with Gasteiger partial charge in [-0.05, 0) is 37.6 Å². The molecule has 1 fully saturated rings. The van der Waals surface area contributed by atoms with Gasteiger partial charge in [-0.15, -0.1) is 0 Å². The van der Waals surface area contributed by atoms with Crippen molar-refractivity contribution in [2.24, 2.45) is 7.05 Å². The van der Waals surface area contributed by atoms with Crippen molar-refractivity contribution in [2.75, 3.05) is 26.2 Å². The Kier molecular flexibility index (Phi) is 5.43. The van der Waals surface area contributed by atoms with Crippen molar-refractivity contribution < 1.29 is 4.79 Å². The van der Waals surface area contributed by atoms with E-state index < -0.39 is 0 Å². The van der Waals surface area contributed by atoms with Crippen molar-refractivity contribution in [3.05, 3.63) is 58.0 Å². The molecule has 152 valence electrons. The van der Waals surface area contributed by atoms with Crippen molar-refractivity contribution >= 4 is 17.5 Å². The van der Waals surface area contributed by atoms with Gasteiger partial charge in [-0.2, -0.15) is 10.2 Å². The van der Waals surface area contributed by atoms with Crippen LogP contribution in [-0.4, -0.2) is 61.9 Å². The minimum Gasteiger partial charge on any atom is -0.335 e. The van der Waals surface area contributed by atoms with Crippen LogP contribution in [0.1, 0.15) is 27.4 Å². The number of rotatable bonds is 4. The zero-order valence-corrected chi connectivity index (χ0v) is 17.7. The molecule has 0 atom stereocenters. The van der Waals surface area contributed by atoms with Crippen molar-refractivity contribution in [3.63, 3.8) is 0 Å². The molecule has 4 rings (SSSR count). The Hall–Kier alpha value is -2.64. The SMILES string of the molecule is Cc1nn(C)c(C)c1-c1cc(C(=O)N2CCN(Cc3ccc(Cl)cc3)CC2)[nH]n1. The molecule has 0 unspecified atom stereocenters. The number of hydrogen-bond acceptors (Lipinski definition) is 4. The summed E-state index contributed by atoms with van der Waals surface area (Å²) in [6.07, 6.45) is 0. The van der Waals surface area contributed by atoms with E-state index in [9.17, 15) is 4.79 Å². The Balaban J connectivity index is 1.39. The van der Waals surface area contributed by atoms with E-state index in [1.54, 1.807) is 0 Å². The third-order valence-corrected chi connectivity index (χ3v) is 5.80. The maximum atomic E-state index is 12.9. The van der Waals surface area contributed by atoms with Gasteiger partial charge in [0.1, 0.15) is 5.69 Å². The number of nitrogens with one attached hydrogen (secondary N) is 1. The summed E-state index contributed by atoms with van der Waals surface area (Å²) in [5.41, 5.74) is 5.44. The smallest absolute Gasteiger partial charge is 0.271 e. The molecule has 1 saturated heterocycles. The fraction of sp³-hybridized carbons (Fsp3) is 0.381. The van der Waals surface area contributed by atoms with Gasteiger partial charge in [-0.25, -0.2) is 0 Å². The molecule has 0 radical (unpaired) electrons. The number of amides is 1. The van der Waals surface area contributed by atoms with Gasteiger partial charge in [0.05, 0.1) is 11.4 Å². The van der Waals surface area contributed by atoms with Crippen LogP contribution in [0.3, 0.4) is 0 Å². The number of benzene rings is 1. The zero-order valence-electron chi connectivity index (χ0n) is 16.9. The lowest BCUT2D eigenvalue weighted by Gasteiger charge is -2.34. The van der Waals surface area contributed by atoms with Crippen LogP contribution < -0.4 is 0 Å². The van der Waals surface area contributed by atoms with Gasteiger partial charge in [0, 0.05) is 56.1 Å². The molecule has 3 heterocycles. The van der Waals surface area contributed by atoms with E-state index in [1.165, 1.54) is 5.56 Å². The third kappa shape index (κ3) is 4.06. The first-order valence-corrected chi connectivity index (χ1v) is 10.1. The second-order valence-corrected chi connectivity index (χ2v) is 7.97. The summed E-state index contributed by atoms with van der Waals surface area (Å²) >= 11 is 5.96. The maximum Gasteiger partial charge on any atom is 0.271 e. The molecular formula is C21H25ClN6O. The van der Waals surface area contributed by atoms with Gasteiger partial charge in [-0.3, -0.25) is 19.5 Å². The zero-order chi connectivity index (χ0) is 20.5. The molecule has 0 aliphatic carbocycles. The molecule has 7 nitrogen and oxygen atoms in total. The van der Waals surface area contributed by atoms with Crippen molar-refractivity contribution in [2.45, 2.75) is 20.4 Å². The lowest BCUT2D eigenvalue weighted by atomic mass is 10.1. The standard InChI is InChI=1S/C21H25ClN6O/c1-14-20(15(2)26(3)25-14)18-12-19(24-23-18)21(29)28-10-8-27(9-11-28)13-16-4-6-17(22)7-5-16/h4-7,12H,8-11,13H2,1-3H3,(H,23,24). The molecule has 29 heavy (non-hydrogen) atoms. The van der Waals surface area contributed by atoms with E-state index in [0.717, 1.165) is 47.3 Å². The van der Waals surface area contributed by atoms with Crippen LogP contribution in [0.15, 0.2) is 30.3 Å². The molecule has 1 aliphatic rings. The third-order valence-electron chi connectivity index (χ3n) is 5.55. The molecule has 0 bridgehead atoms. The highest BCUT2D eigenvalue weighted by Crippen LogP contribution is 2.25. The predicted molar refractivity (Wildman–Crippen MR) is 113 cm³/mol. The number of nitrogens with zero attached hydrogens (tertiary/aromatic N) is 5. The largest absolute Gasteiger partial charge is 0.335 e. The van der Waals surface area contributed by atoms with Gasteiger partial charge < -0.3 is 4.90 Å². The first-order chi connectivity index (χ1) is 13.9. The molecule has 2 aromatic heterocycles. The van der Waals surface area contributed by atoms with Crippen LogP contribution in [0, 0.1) is 13.8 Å². The second kappa shape index (κ2) is 8.00. The summed E-state index contributed by atoms with van der Waals surface area (Å²) < 4.78 is 1.83. The van der Waals surface area contributed by atoms with E-state index >= 15 is 0 Å². The van der Waals surface area contributed by atoms with Crippen LogP contribution >= 0.6 is 11.6 Å². The van der Waals surface area contributed by atoms with Crippen LogP contribution in [0.25, 0.3) is 11.3 Å². The number of hydrogen-bond donors (Lipinski definition) is 1. The molecule has 1 aromatic carbocycles. The Bertz CT molecular complexity index is 1010. The summed E-state index contributed by atoms with van der Waals surface area (Å²) in [4.78, 5) is 17.2. The summed E-state index contributed by atoms with van der Waals surface area (Å²) in [6.45, 7) is 7.92. The molecule has 1 amide bonds. The Morgan fingerprint density at radius 3 is 2.45 bits per heavy atom. The number of aromatic amines is 1. The summed E-state index contributed by atoms with van der Waals surface area (Å²) in [5, 5.41) is 12.5. The highest BCUT2D eigenvalue weighted by Gasteiger charge is 2.24. The highest BCUT2D eigenvalue weighted by atomic mass is 35.5. The molecular weight excluding hydrogens is 388 g/mol. The van der Waals surface area contributed by atoms with Crippen molar-refractivity contribution in [3.8, 4) is 11.3 Å². The normalized spacial score (nSPS) is 15.1. The van der Waals surface area contributed by atoms with Gasteiger partial charge in [0.15, 0.2) is 0 Å². The summed E-state index contributed by atoms with van der Waals surface area (Å²) in [5.74, 6) is -0.00547. The Morgan fingerprint density at radius 1 is 1.14 bits per heavy atom. The average Bonchev–Trinajstić information content (AvgIpc) is 3.28. The lowest BCUT2D eigenvalue weighted by molar-refractivity contribution is 0.0622. The minimum absolute atomic E-state index is 0.00547. The van der Waals surface area contributed by atoms with Crippen LogP contribution in [-0.2, 0) is 13.6 Å². The van der Waals surface area contributed by atoms with Crippen LogP contribution in [0.5, 0.6) is 0 Å². The van der Waals surface area contributed by atoms with E-state index in [0.29, 0.717) is 18.8 Å². The van der Waals surface area contributed by atoms with Crippen LogP contribution in [0.4, 0.5) is 0 Å². The fourth-order valence-corrected chi connectivity index (χ4v) is 3.96. The first kappa shape index (κ1) is 19.7. The molecule has 1 N–H and O–H groups in total. The van der Waals surface area contributed by atoms with Crippen molar-refractivity contribution in [1.82, 2.24) is 29.8 Å². The van der Waals surface area contributed by atoms with Gasteiger partial charge in [0.25, 0.3) is 5.91 Å². The van der Waals surface area contributed by atoms with Gasteiger partial charge in [0.2, 0.25) is 0 Å². The number of aromatic nitrogens is 4. The number of carbonyl (C=O) groups is 1. The number of aryl methyl sites for hydroxylation is 2. The van der Waals surface area contributed by atoms with E-state index in [4.69, 9.17) is 11.6 Å². The maximum absolute atomic E-state index is 12.9. The minimum atomic E-state index is -0.00547. The quantitative estimate of drug-likeness (QED) is 0.715. The molecule has 3 aromatic rings. The number of piperazine rings is 1. The van der Waals surface area contributed by atoms with Crippen LogP contribution in [0.2, 0.25) is 5.02 Å². The lowest BCUT2D eigenvalue weighted by Crippen LogP contribution is -2.48. The number of halogens is 1. The number of H-pyrrole nitrogens is 1. The molecule has 0 saturated carbocycles. The Morgan fingerprint density at radius 2 is 1.83 bits per heavy atom. The molecule has 0 spiro atoms. The van der Waals surface area contributed by atoms with E-state index in [1.807, 2.05) is 48.7 Å². The Labute approximate surface area is 175 Å². The van der Waals surface area contributed by atoms with Crippen molar-refractivity contribution in [1.29, 1.82) is 0 Å². The predicted octanol–water partition coefficient (Wildman–Crippen LogP) is 3.04. The molecule has 8 heteroatoms. The number of carbonyl (C=O) groups excluding carboxylic acids is 1. The molecule has 1 aliphatic heterocycles. The van der Waals surface area contributed by atoms with E-state index in [-0.39, 0.29) is 5.91 Å². The topological polar surface area (TPSA) is 70.1 Å². The first-order valence-electron chi connectivity index (χ1n) is 9.74.